The van der Waals surface area contributed by atoms with Gasteiger partial charge in [-0.1, -0.05) is 10.3 Å². The summed E-state index contributed by atoms with van der Waals surface area (Å²) >= 11 is 0. The first-order valence-electron chi connectivity index (χ1n) is 9.58. The Balaban J connectivity index is 1.34. The predicted octanol–water partition coefficient (Wildman–Crippen LogP) is 3.42. The lowest BCUT2D eigenvalue weighted by Gasteiger charge is -2.24. The van der Waals surface area contributed by atoms with Crippen LogP contribution in [0.15, 0.2) is 33.6 Å². The number of aromatic nitrogens is 4. The first-order chi connectivity index (χ1) is 13.6. The van der Waals surface area contributed by atoms with E-state index in [-0.39, 0.29) is 11.9 Å². The third-order valence-corrected chi connectivity index (χ3v) is 5.16. The maximum absolute atomic E-state index is 12.8. The monoisotopic (exact) mass is 381 g/mol. The van der Waals surface area contributed by atoms with Crippen LogP contribution in [0.25, 0.3) is 11.4 Å². The minimum Gasteiger partial charge on any atom is -0.361 e. The molecular formula is C20H23N5O3. The predicted molar refractivity (Wildman–Crippen MR) is 100 cm³/mol. The zero-order valence-corrected chi connectivity index (χ0v) is 16.1. The summed E-state index contributed by atoms with van der Waals surface area (Å²) in [7, 11) is 0. The van der Waals surface area contributed by atoms with Gasteiger partial charge in [-0.15, -0.1) is 0 Å². The summed E-state index contributed by atoms with van der Waals surface area (Å²) in [6, 6.07) is 3.78. The average molecular weight is 381 g/mol. The number of hydrogen-bond donors (Lipinski definition) is 0. The van der Waals surface area contributed by atoms with Gasteiger partial charge in [0.25, 0.3) is 0 Å². The summed E-state index contributed by atoms with van der Waals surface area (Å²) in [5.41, 5.74) is 2.74. The summed E-state index contributed by atoms with van der Waals surface area (Å²) in [6.45, 7) is 4.62. The van der Waals surface area contributed by atoms with Crippen LogP contribution in [0, 0.1) is 13.8 Å². The molecule has 0 radical (unpaired) electrons. The van der Waals surface area contributed by atoms with Crippen molar-refractivity contribution in [3.05, 3.63) is 47.4 Å². The van der Waals surface area contributed by atoms with Gasteiger partial charge in [-0.2, -0.15) is 4.98 Å². The molecule has 0 aromatic carbocycles. The highest BCUT2D eigenvalue weighted by Crippen LogP contribution is 2.36. The Morgan fingerprint density at radius 2 is 2.18 bits per heavy atom. The summed E-state index contributed by atoms with van der Waals surface area (Å²) < 4.78 is 10.6. The number of amides is 1. The van der Waals surface area contributed by atoms with E-state index in [4.69, 9.17) is 9.05 Å². The summed E-state index contributed by atoms with van der Waals surface area (Å²) in [6.07, 6.45) is 7.03. The van der Waals surface area contributed by atoms with Gasteiger partial charge in [-0.05, 0) is 45.2 Å². The number of hydrogen-bond acceptors (Lipinski definition) is 7. The van der Waals surface area contributed by atoms with Gasteiger partial charge in [0, 0.05) is 42.9 Å². The van der Waals surface area contributed by atoms with Gasteiger partial charge < -0.3 is 13.9 Å². The Hall–Kier alpha value is -3.03. The Kier molecular flexibility index (Phi) is 5.18. The van der Waals surface area contributed by atoms with Crippen molar-refractivity contribution in [2.45, 2.75) is 52.0 Å². The van der Waals surface area contributed by atoms with Crippen LogP contribution in [0.5, 0.6) is 0 Å². The fraction of sp³-hybridized carbons (Fsp3) is 0.450. The van der Waals surface area contributed by atoms with Crippen LogP contribution >= 0.6 is 0 Å². The lowest BCUT2D eigenvalue weighted by molar-refractivity contribution is -0.132. The largest absolute Gasteiger partial charge is 0.361 e. The van der Waals surface area contributed by atoms with Gasteiger partial charge in [0.15, 0.2) is 0 Å². The molecule has 146 valence electrons. The molecule has 0 spiro atoms. The van der Waals surface area contributed by atoms with Gasteiger partial charge in [0.1, 0.15) is 5.76 Å². The maximum Gasteiger partial charge on any atom is 0.226 e. The number of carbonyl (C=O) groups excluding carboxylic acids is 1. The van der Waals surface area contributed by atoms with Crippen molar-refractivity contribution < 1.29 is 13.8 Å². The van der Waals surface area contributed by atoms with E-state index in [1.165, 1.54) is 0 Å². The number of likely N-dealkylation sites (tertiary alicyclic amines) is 1. The lowest BCUT2D eigenvalue weighted by Crippen LogP contribution is -2.30. The normalized spacial score (nSPS) is 16.6. The summed E-state index contributed by atoms with van der Waals surface area (Å²) in [5.74, 6) is 2.01. The third-order valence-electron chi connectivity index (χ3n) is 5.16. The molecule has 28 heavy (non-hydrogen) atoms. The molecule has 3 aromatic heterocycles. The fourth-order valence-corrected chi connectivity index (χ4v) is 3.83. The second kappa shape index (κ2) is 7.92. The molecule has 0 saturated carbocycles. The molecule has 0 bridgehead atoms. The molecule has 1 atom stereocenters. The number of pyridine rings is 1. The number of carbonyl (C=O) groups is 1. The Morgan fingerprint density at radius 1 is 1.29 bits per heavy atom. The van der Waals surface area contributed by atoms with Gasteiger partial charge in [-0.25, -0.2) is 0 Å². The van der Waals surface area contributed by atoms with Gasteiger partial charge in [0.2, 0.25) is 17.6 Å². The van der Waals surface area contributed by atoms with Crippen LogP contribution < -0.4 is 0 Å². The van der Waals surface area contributed by atoms with Crippen LogP contribution in [0.2, 0.25) is 0 Å². The maximum atomic E-state index is 12.8. The molecule has 8 heteroatoms. The van der Waals surface area contributed by atoms with Crippen molar-refractivity contribution in [1.29, 1.82) is 0 Å². The molecular weight excluding hydrogens is 358 g/mol. The smallest absolute Gasteiger partial charge is 0.226 e. The molecule has 4 heterocycles. The van der Waals surface area contributed by atoms with Gasteiger partial charge in [0.05, 0.1) is 11.7 Å². The molecule has 1 amide bonds. The van der Waals surface area contributed by atoms with Crippen molar-refractivity contribution in [3.63, 3.8) is 0 Å². The van der Waals surface area contributed by atoms with Crippen molar-refractivity contribution in [3.8, 4) is 11.4 Å². The standard InChI is InChI=1S/C20H23N5O3/c1-13-19(14(2)27-23-13)16-7-5-11-25(16)18(26)9-3-8-17-22-20(24-28-17)15-6-4-10-21-12-15/h4,6,10,12,16H,3,5,7-9,11H2,1-2H3/t16-/m1/s1. The second-order valence-electron chi connectivity index (χ2n) is 7.09. The zero-order chi connectivity index (χ0) is 19.5. The molecule has 0 unspecified atom stereocenters. The van der Waals surface area contributed by atoms with Crippen LogP contribution in [0.4, 0.5) is 0 Å². The van der Waals surface area contributed by atoms with E-state index >= 15 is 0 Å². The molecule has 8 nitrogen and oxygen atoms in total. The molecule has 0 aliphatic carbocycles. The van der Waals surface area contributed by atoms with Crippen molar-refractivity contribution in [1.82, 2.24) is 25.2 Å². The van der Waals surface area contributed by atoms with Gasteiger partial charge >= 0.3 is 0 Å². The highest BCUT2D eigenvalue weighted by atomic mass is 16.5. The van der Waals surface area contributed by atoms with Gasteiger partial charge in [-0.3, -0.25) is 9.78 Å². The van der Waals surface area contributed by atoms with E-state index < -0.39 is 0 Å². The SMILES string of the molecule is Cc1noc(C)c1[C@H]1CCCN1C(=O)CCCc1nc(-c2cccnc2)no1. The van der Waals surface area contributed by atoms with Crippen LogP contribution in [-0.4, -0.2) is 37.6 Å². The van der Waals surface area contributed by atoms with E-state index in [1.54, 1.807) is 12.4 Å². The first kappa shape index (κ1) is 18.3. The van der Waals surface area contributed by atoms with Crippen LogP contribution in [0.3, 0.4) is 0 Å². The highest BCUT2D eigenvalue weighted by Gasteiger charge is 2.33. The van der Waals surface area contributed by atoms with E-state index in [1.807, 2.05) is 30.9 Å². The Bertz CT molecular complexity index is 930. The summed E-state index contributed by atoms with van der Waals surface area (Å²) in [4.78, 5) is 23.2. The molecule has 1 fully saturated rings. The van der Waals surface area contributed by atoms with E-state index in [0.29, 0.717) is 31.0 Å². The summed E-state index contributed by atoms with van der Waals surface area (Å²) in [5, 5.41) is 8.03. The molecule has 1 saturated heterocycles. The molecule has 1 aliphatic rings. The highest BCUT2D eigenvalue weighted by molar-refractivity contribution is 5.77. The van der Waals surface area contributed by atoms with Crippen LogP contribution in [0.1, 0.15) is 54.6 Å². The van der Waals surface area contributed by atoms with Crippen molar-refractivity contribution in [2.75, 3.05) is 6.54 Å². The topological polar surface area (TPSA) is 98.2 Å². The average Bonchev–Trinajstić information content (AvgIpc) is 3.43. The Labute approximate surface area is 162 Å². The van der Waals surface area contributed by atoms with Crippen LogP contribution in [-0.2, 0) is 11.2 Å². The number of rotatable bonds is 6. The number of aryl methyl sites for hydroxylation is 3. The lowest BCUT2D eigenvalue weighted by atomic mass is 10.0. The zero-order valence-electron chi connectivity index (χ0n) is 16.1. The minimum absolute atomic E-state index is 0.0688. The van der Waals surface area contributed by atoms with E-state index in [2.05, 4.69) is 20.3 Å². The number of nitrogens with zero attached hydrogens (tertiary/aromatic N) is 5. The third kappa shape index (κ3) is 3.67. The first-order valence-corrected chi connectivity index (χ1v) is 9.58. The minimum atomic E-state index is 0.0688. The Morgan fingerprint density at radius 3 is 2.93 bits per heavy atom. The molecule has 0 N–H and O–H groups in total. The molecule has 1 aliphatic heterocycles. The van der Waals surface area contributed by atoms with E-state index in [0.717, 1.165) is 42.0 Å². The fourth-order valence-electron chi connectivity index (χ4n) is 3.83. The van der Waals surface area contributed by atoms with Crippen molar-refractivity contribution >= 4 is 5.91 Å². The second-order valence-corrected chi connectivity index (χ2v) is 7.09. The quantitative estimate of drug-likeness (QED) is 0.645. The van der Waals surface area contributed by atoms with E-state index in [9.17, 15) is 4.79 Å². The molecule has 3 aromatic rings. The molecule has 4 rings (SSSR count). The van der Waals surface area contributed by atoms with Crippen molar-refractivity contribution in [2.24, 2.45) is 0 Å².